The molecule has 1 amide bonds. The summed E-state index contributed by atoms with van der Waals surface area (Å²) >= 11 is 0. The Kier molecular flexibility index (Phi) is 4.90. The predicted octanol–water partition coefficient (Wildman–Crippen LogP) is 1.72. The summed E-state index contributed by atoms with van der Waals surface area (Å²) in [5.41, 5.74) is 0.626. The lowest BCUT2D eigenvalue weighted by Crippen LogP contribution is -2.41. The fraction of sp³-hybridized carbons (Fsp3) is 0.190. The summed E-state index contributed by atoms with van der Waals surface area (Å²) in [7, 11) is 0. The minimum atomic E-state index is -0.790. The van der Waals surface area contributed by atoms with E-state index in [1.807, 2.05) is 19.1 Å². The fourth-order valence-corrected chi connectivity index (χ4v) is 3.01. The highest BCUT2D eigenvalue weighted by Crippen LogP contribution is 2.31. The quantitative estimate of drug-likeness (QED) is 0.682. The molecule has 2 heterocycles. The number of nitrogens with zero attached hydrogens (tertiary/aromatic N) is 2. The van der Waals surface area contributed by atoms with E-state index in [0.717, 1.165) is 10.1 Å². The summed E-state index contributed by atoms with van der Waals surface area (Å²) in [6.07, 6.45) is 2.86. The van der Waals surface area contributed by atoms with Gasteiger partial charge in [-0.3, -0.25) is 23.5 Å². The average molecular weight is 393 g/mol. The lowest BCUT2D eigenvalue weighted by Gasteiger charge is -2.19. The summed E-state index contributed by atoms with van der Waals surface area (Å²) in [6, 6.07) is 12.3. The Morgan fingerprint density at radius 2 is 1.69 bits per heavy atom. The van der Waals surface area contributed by atoms with Crippen molar-refractivity contribution >= 4 is 11.6 Å². The molecule has 148 valence electrons. The predicted molar refractivity (Wildman–Crippen MR) is 107 cm³/mol. The van der Waals surface area contributed by atoms with Crippen molar-refractivity contribution in [2.24, 2.45) is 0 Å². The lowest BCUT2D eigenvalue weighted by molar-refractivity contribution is -0.116. The minimum absolute atomic E-state index is 0.260. The molecule has 1 N–H and O–H groups in total. The lowest BCUT2D eigenvalue weighted by atomic mass is 10.2. The molecule has 0 saturated heterocycles. The number of amides is 1. The van der Waals surface area contributed by atoms with Gasteiger partial charge in [-0.2, -0.15) is 0 Å². The Morgan fingerprint density at radius 3 is 2.45 bits per heavy atom. The number of hydrogen-bond acceptors (Lipinski definition) is 5. The number of aromatic nitrogens is 2. The number of rotatable bonds is 4. The molecular formula is C21H19N3O5. The zero-order valence-electron chi connectivity index (χ0n) is 15.8. The number of nitrogens with one attached hydrogen (secondary N) is 1. The van der Waals surface area contributed by atoms with Gasteiger partial charge in [-0.25, -0.2) is 0 Å². The van der Waals surface area contributed by atoms with Gasteiger partial charge in [0.25, 0.3) is 0 Å². The van der Waals surface area contributed by atoms with Crippen LogP contribution < -0.4 is 25.9 Å². The largest absolute Gasteiger partial charge is 0.486 e. The molecule has 1 aromatic heterocycles. The molecular weight excluding hydrogens is 374 g/mol. The van der Waals surface area contributed by atoms with Gasteiger partial charge >= 0.3 is 11.1 Å². The molecule has 1 aliphatic rings. The SMILES string of the molecule is Cc1ccc(NC(=O)Cn2ccn(-c3ccc4c(c3)OCCO4)c(=O)c2=O)cc1. The molecule has 0 saturated carbocycles. The maximum absolute atomic E-state index is 12.6. The number of carbonyl (C=O) groups is 1. The van der Waals surface area contributed by atoms with Crippen molar-refractivity contribution in [3.05, 3.63) is 81.1 Å². The Balaban J connectivity index is 1.56. The van der Waals surface area contributed by atoms with Gasteiger partial charge in [-0.1, -0.05) is 17.7 Å². The van der Waals surface area contributed by atoms with Crippen molar-refractivity contribution in [3.8, 4) is 17.2 Å². The van der Waals surface area contributed by atoms with Crippen LogP contribution in [0.2, 0.25) is 0 Å². The van der Waals surface area contributed by atoms with E-state index in [0.29, 0.717) is 36.1 Å². The smallest absolute Gasteiger partial charge is 0.320 e. The van der Waals surface area contributed by atoms with Gasteiger partial charge in [-0.05, 0) is 31.2 Å². The van der Waals surface area contributed by atoms with Crippen LogP contribution >= 0.6 is 0 Å². The molecule has 0 fully saturated rings. The first-order chi connectivity index (χ1) is 14.0. The molecule has 0 spiro atoms. The number of carbonyl (C=O) groups excluding carboxylic acids is 1. The van der Waals surface area contributed by atoms with E-state index in [1.54, 1.807) is 30.3 Å². The van der Waals surface area contributed by atoms with Gasteiger partial charge < -0.3 is 14.8 Å². The summed E-state index contributed by atoms with van der Waals surface area (Å²) in [4.78, 5) is 37.3. The normalized spacial score (nSPS) is 12.4. The summed E-state index contributed by atoms with van der Waals surface area (Å²) in [6.45, 7) is 2.57. The highest BCUT2D eigenvalue weighted by atomic mass is 16.6. The van der Waals surface area contributed by atoms with Gasteiger partial charge in [0.15, 0.2) is 11.5 Å². The van der Waals surface area contributed by atoms with E-state index in [4.69, 9.17) is 9.47 Å². The Hall–Kier alpha value is -3.81. The Bertz CT molecular complexity index is 1180. The Labute approximate surface area is 165 Å². The number of fused-ring (bicyclic) bond motifs is 1. The molecule has 8 nitrogen and oxygen atoms in total. The van der Waals surface area contributed by atoms with Crippen LogP contribution in [0.5, 0.6) is 11.5 Å². The first-order valence-electron chi connectivity index (χ1n) is 9.10. The first-order valence-corrected chi connectivity index (χ1v) is 9.10. The molecule has 0 unspecified atom stereocenters. The van der Waals surface area contributed by atoms with Gasteiger partial charge in [0.1, 0.15) is 19.8 Å². The maximum atomic E-state index is 12.6. The van der Waals surface area contributed by atoms with Crippen LogP contribution in [0, 0.1) is 6.92 Å². The minimum Gasteiger partial charge on any atom is -0.486 e. The maximum Gasteiger partial charge on any atom is 0.320 e. The van der Waals surface area contributed by atoms with E-state index in [2.05, 4.69) is 5.32 Å². The van der Waals surface area contributed by atoms with E-state index in [1.165, 1.54) is 17.0 Å². The van der Waals surface area contributed by atoms with Crippen LogP contribution in [0.4, 0.5) is 5.69 Å². The molecule has 4 rings (SSSR count). The molecule has 0 atom stereocenters. The van der Waals surface area contributed by atoms with Gasteiger partial charge in [0.2, 0.25) is 5.91 Å². The van der Waals surface area contributed by atoms with Crippen molar-refractivity contribution < 1.29 is 14.3 Å². The molecule has 3 aromatic rings. The van der Waals surface area contributed by atoms with Crippen LogP contribution in [-0.4, -0.2) is 28.3 Å². The van der Waals surface area contributed by atoms with Crippen molar-refractivity contribution in [3.63, 3.8) is 0 Å². The van der Waals surface area contributed by atoms with Gasteiger partial charge in [0, 0.05) is 24.1 Å². The molecule has 8 heteroatoms. The summed E-state index contributed by atoms with van der Waals surface area (Å²) in [5.74, 6) is 0.712. The average Bonchev–Trinajstić information content (AvgIpc) is 2.73. The van der Waals surface area contributed by atoms with Gasteiger partial charge in [0.05, 0.1) is 5.69 Å². The van der Waals surface area contributed by atoms with Crippen molar-refractivity contribution in [1.82, 2.24) is 9.13 Å². The van der Waals surface area contributed by atoms with Gasteiger partial charge in [-0.15, -0.1) is 0 Å². The van der Waals surface area contributed by atoms with E-state index in [9.17, 15) is 14.4 Å². The van der Waals surface area contributed by atoms with Crippen LogP contribution in [0.25, 0.3) is 5.69 Å². The number of anilines is 1. The molecule has 2 aromatic carbocycles. The molecule has 29 heavy (non-hydrogen) atoms. The third-order valence-corrected chi connectivity index (χ3v) is 4.51. The third-order valence-electron chi connectivity index (χ3n) is 4.51. The monoisotopic (exact) mass is 393 g/mol. The summed E-state index contributed by atoms with van der Waals surface area (Å²) < 4.78 is 13.3. The van der Waals surface area contributed by atoms with Crippen molar-refractivity contribution in [2.75, 3.05) is 18.5 Å². The topological polar surface area (TPSA) is 91.6 Å². The molecule has 1 aliphatic heterocycles. The third kappa shape index (κ3) is 3.91. The fourth-order valence-electron chi connectivity index (χ4n) is 3.01. The van der Waals surface area contributed by atoms with Crippen molar-refractivity contribution in [2.45, 2.75) is 13.5 Å². The van der Waals surface area contributed by atoms with Crippen LogP contribution in [-0.2, 0) is 11.3 Å². The molecule has 0 aliphatic carbocycles. The molecule has 0 bridgehead atoms. The zero-order chi connectivity index (χ0) is 20.4. The van der Waals surface area contributed by atoms with Crippen LogP contribution in [0.1, 0.15) is 5.56 Å². The van der Waals surface area contributed by atoms with E-state index >= 15 is 0 Å². The van der Waals surface area contributed by atoms with Crippen LogP contribution in [0.3, 0.4) is 0 Å². The second-order valence-corrected chi connectivity index (χ2v) is 6.65. The highest BCUT2D eigenvalue weighted by Gasteiger charge is 2.15. The van der Waals surface area contributed by atoms with E-state index < -0.39 is 17.0 Å². The molecule has 0 radical (unpaired) electrons. The van der Waals surface area contributed by atoms with Crippen LogP contribution in [0.15, 0.2) is 64.4 Å². The van der Waals surface area contributed by atoms with Crippen molar-refractivity contribution in [1.29, 1.82) is 0 Å². The Morgan fingerprint density at radius 1 is 0.966 bits per heavy atom. The number of hydrogen-bond donors (Lipinski definition) is 1. The first kappa shape index (κ1) is 18.5. The number of ether oxygens (including phenoxy) is 2. The highest BCUT2D eigenvalue weighted by molar-refractivity contribution is 5.90. The summed E-state index contributed by atoms with van der Waals surface area (Å²) in [5, 5.41) is 2.71. The zero-order valence-corrected chi connectivity index (χ0v) is 15.8. The standard InChI is InChI=1S/C21H19N3O5/c1-14-2-4-15(5-3-14)22-19(25)13-23-8-9-24(21(27)20(23)26)16-6-7-17-18(12-16)29-11-10-28-17/h2-9,12H,10-11,13H2,1H3,(H,22,25). The number of aryl methyl sites for hydroxylation is 1. The second kappa shape index (κ2) is 7.67. The second-order valence-electron chi connectivity index (χ2n) is 6.65. The number of benzene rings is 2. The van der Waals surface area contributed by atoms with E-state index in [-0.39, 0.29) is 6.54 Å².